The van der Waals surface area contributed by atoms with Gasteiger partial charge in [0.2, 0.25) is 59.1 Å². The molecule has 109 heavy (non-hydrogen) atoms. The summed E-state index contributed by atoms with van der Waals surface area (Å²) in [7, 11) is 0. The SMILES string of the molecule is CC(C)C[C@H](NC(=O)[C@@H](Cc1ccc(N)cc1)NC(=O)[C@H](Cc1ccc(CN2CCOCC2)cc1)NC(=O)[C@H](CO)NC(=O)[C@@H](Cc1ccccc1)NC(=O)[C@@H](Cc1ccc(Cl)cc1)NC(=O)[C@@H](Cc1cccc2ccccc12)NC(N)=O)C(=O)N[C@@H](CCCNC(=N)N)C(=O)N1CCC[C@H]1C(=O)N[C@H](C)C(N)=O. The molecule has 30 nitrogen and oxygen atoms in total. The Morgan fingerprint density at radius 3 is 1.51 bits per heavy atom. The number of guanidine groups is 1. The number of fused-ring (bicyclic) bond motifs is 1. The van der Waals surface area contributed by atoms with Gasteiger partial charge >= 0.3 is 6.03 Å². The number of hydrogen-bond donors (Lipinski definition) is 16. The number of amides is 12. The van der Waals surface area contributed by atoms with Crippen molar-refractivity contribution in [2.45, 2.75) is 152 Å². The number of halogens is 1. The van der Waals surface area contributed by atoms with Crippen LogP contribution in [0.3, 0.4) is 0 Å². The minimum Gasteiger partial charge on any atom is -0.399 e. The Hall–Kier alpha value is -11.2. The molecule has 10 atom stereocenters. The molecule has 12 amide bonds. The standard InChI is InChI=1S/C78H100ClN17O13/c1-46(2)38-59(68(99)87-58(18-10-32-85-77(82)83)76(107)96-33-11-19-66(96)75(106)86-47(3)67(81)98)88-69(100)62(42-51-26-30-56(80)31-27-51)90-71(102)63(40-49-20-22-52(23-21-49)44-95-34-36-109-37-35-95)92-74(105)65(45-97)93-72(103)60(39-48-12-5-4-6-13-48)89-70(101)61(41-50-24-28-55(79)29-25-50)91-73(104)64(94-78(84)108)43-54-16-9-15-53-14-7-8-17-57(53)54/h4-9,12-17,20-31,46-47,58-66,97H,10-11,18-19,32-45,80H2,1-3H3,(H2,81,98)(H,86,106)(H,87,99)(H,88,100)(H,89,101)(H,90,102)(H,91,104)(H,92,105)(H,93,103)(H4,82,83,85)(H3,84,94,108)/t47-,58+,59+,60-,61-,62-,63+,64-,65+,66+/m1/s1. The number of hydrogen-bond acceptors (Lipinski definition) is 16. The Balaban J connectivity index is 1.06. The molecular weight excluding hydrogens is 1420 g/mol. The van der Waals surface area contributed by atoms with Gasteiger partial charge in [-0.25, -0.2) is 4.79 Å². The van der Waals surface area contributed by atoms with E-state index in [1.807, 2.05) is 42.5 Å². The van der Waals surface area contributed by atoms with E-state index in [1.54, 1.807) is 117 Å². The first-order valence-corrected chi connectivity index (χ1v) is 36.8. The number of morpholine rings is 1. The molecule has 20 N–H and O–H groups in total. The number of urea groups is 1. The zero-order valence-corrected chi connectivity index (χ0v) is 62.1. The van der Waals surface area contributed by atoms with Crippen molar-refractivity contribution in [1.29, 1.82) is 5.41 Å². The summed E-state index contributed by atoms with van der Waals surface area (Å²) < 4.78 is 5.55. The van der Waals surface area contributed by atoms with Crippen LogP contribution in [0.25, 0.3) is 10.8 Å². The molecule has 0 unspecified atom stereocenters. The van der Waals surface area contributed by atoms with Crippen molar-refractivity contribution in [2.75, 3.05) is 51.7 Å². The average molecular weight is 1520 g/mol. The molecule has 0 aliphatic carbocycles. The highest BCUT2D eigenvalue weighted by Crippen LogP contribution is 2.24. The van der Waals surface area contributed by atoms with Gasteiger partial charge in [0.15, 0.2) is 5.96 Å². The largest absolute Gasteiger partial charge is 0.399 e. The number of carbonyl (C=O) groups excluding carboxylic acids is 11. The Kier molecular flexibility index (Phi) is 31.5. The van der Waals surface area contributed by atoms with Crippen LogP contribution in [0.4, 0.5) is 10.5 Å². The smallest absolute Gasteiger partial charge is 0.312 e. The van der Waals surface area contributed by atoms with Gasteiger partial charge in [-0.05, 0) is 113 Å². The molecule has 0 aromatic heterocycles. The van der Waals surface area contributed by atoms with E-state index in [0.29, 0.717) is 77.8 Å². The Bertz CT molecular complexity index is 4130. The minimum absolute atomic E-state index is 0.0109. The maximum atomic E-state index is 15.3. The highest BCUT2D eigenvalue weighted by Gasteiger charge is 2.41. The fraction of sp³-hybridized carbons (Fsp3) is 0.410. The van der Waals surface area contributed by atoms with Crippen molar-refractivity contribution >= 4 is 99.1 Å². The van der Waals surface area contributed by atoms with Crippen LogP contribution < -0.4 is 76.1 Å². The van der Waals surface area contributed by atoms with Gasteiger partial charge < -0.3 is 90.8 Å². The molecule has 0 radical (unpaired) electrons. The van der Waals surface area contributed by atoms with Crippen molar-refractivity contribution in [2.24, 2.45) is 23.1 Å². The van der Waals surface area contributed by atoms with E-state index in [1.165, 1.54) is 11.8 Å². The van der Waals surface area contributed by atoms with E-state index in [2.05, 4.69) is 58.1 Å². The second-order valence-corrected chi connectivity index (χ2v) is 28.3. The number of ether oxygens (including phenoxy) is 1. The van der Waals surface area contributed by atoms with Gasteiger partial charge in [-0.1, -0.05) is 147 Å². The van der Waals surface area contributed by atoms with Crippen molar-refractivity contribution in [1.82, 2.24) is 63.0 Å². The highest BCUT2D eigenvalue weighted by atomic mass is 35.5. The van der Waals surface area contributed by atoms with Crippen LogP contribution in [0.1, 0.15) is 86.3 Å². The molecular formula is C78H100ClN17O13. The topological polar surface area (TPSA) is 472 Å². The number of carbonyl (C=O) groups is 11. The van der Waals surface area contributed by atoms with E-state index in [4.69, 9.17) is 44.7 Å². The normalized spacial score (nSPS) is 16.1. The van der Waals surface area contributed by atoms with Gasteiger partial charge in [-0.3, -0.25) is 58.3 Å². The summed E-state index contributed by atoms with van der Waals surface area (Å²) in [6.07, 6.45) is 0.0842. The second kappa shape index (κ2) is 41.2. The zero-order chi connectivity index (χ0) is 78.7. The van der Waals surface area contributed by atoms with Gasteiger partial charge in [-0.15, -0.1) is 0 Å². The van der Waals surface area contributed by atoms with Crippen molar-refractivity contribution in [3.63, 3.8) is 0 Å². The number of primary amides is 2. The van der Waals surface area contributed by atoms with Crippen LogP contribution in [0.5, 0.6) is 0 Å². The average Bonchev–Trinajstić information content (AvgIpc) is 1.63. The third-order valence-electron chi connectivity index (χ3n) is 18.9. The summed E-state index contributed by atoms with van der Waals surface area (Å²) in [6.45, 7) is 7.41. The van der Waals surface area contributed by atoms with Crippen LogP contribution >= 0.6 is 11.6 Å². The van der Waals surface area contributed by atoms with E-state index >= 15 is 9.59 Å². The molecule has 2 heterocycles. The molecule has 582 valence electrons. The Labute approximate surface area is 637 Å². The molecule has 2 saturated heterocycles. The zero-order valence-electron chi connectivity index (χ0n) is 61.4. The molecule has 0 bridgehead atoms. The van der Waals surface area contributed by atoms with Crippen LogP contribution in [-0.4, -0.2) is 192 Å². The van der Waals surface area contributed by atoms with E-state index in [0.717, 1.165) is 16.3 Å². The number of aliphatic hydroxyl groups is 1. The number of nitrogens with one attached hydrogen (secondary N) is 11. The lowest BCUT2D eigenvalue weighted by Crippen LogP contribution is -2.62. The predicted molar refractivity (Wildman–Crippen MR) is 411 cm³/mol. The molecule has 6 aromatic carbocycles. The summed E-state index contributed by atoms with van der Waals surface area (Å²) in [4.78, 5) is 161. The molecule has 2 aliphatic heterocycles. The predicted octanol–water partition coefficient (Wildman–Crippen LogP) is 1.13. The minimum atomic E-state index is -1.81. The van der Waals surface area contributed by atoms with E-state index in [9.17, 15) is 48.3 Å². The maximum absolute atomic E-state index is 15.3. The lowest BCUT2D eigenvalue weighted by Gasteiger charge is -2.31. The summed E-state index contributed by atoms with van der Waals surface area (Å²) in [5, 5.41) is 47.9. The fourth-order valence-corrected chi connectivity index (χ4v) is 13.1. The van der Waals surface area contributed by atoms with Gasteiger partial charge in [0.1, 0.15) is 60.4 Å². The van der Waals surface area contributed by atoms with Crippen molar-refractivity contribution in [3.8, 4) is 0 Å². The van der Waals surface area contributed by atoms with Gasteiger partial charge in [-0.2, -0.15) is 0 Å². The summed E-state index contributed by atoms with van der Waals surface area (Å²) in [6, 6.07) is 27.0. The van der Waals surface area contributed by atoms with Crippen LogP contribution in [0, 0.1) is 11.3 Å². The Morgan fingerprint density at radius 1 is 0.523 bits per heavy atom. The van der Waals surface area contributed by atoms with Crippen molar-refractivity contribution < 1.29 is 62.6 Å². The quantitative estimate of drug-likeness (QED) is 0.0112. The molecule has 6 aromatic rings. The molecule has 0 saturated carbocycles. The third-order valence-corrected chi connectivity index (χ3v) is 19.1. The van der Waals surface area contributed by atoms with Gasteiger partial charge in [0.05, 0.1) is 19.8 Å². The third kappa shape index (κ3) is 26.0. The monoisotopic (exact) mass is 1520 g/mol. The number of anilines is 1. The molecule has 31 heteroatoms. The second-order valence-electron chi connectivity index (χ2n) is 27.8. The van der Waals surface area contributed by atoms with Crippen molar-refractivity contribution in [3.05, 3.63) is 184 Å². The summed E-state index contributed by atoms with van der Waals surface area (Å²) in [5.41, 5.74) is 26.9. The van der Waals surface area contributed by atoms with Crippen LogP contribution in [-0.2, 0) is 91.3 Å². The fourth-order valence-electron chi connectivity index (χ4n) is 13.0. The number of nitrogens with zero attached hydrogens (tertiary/aromatic N) is 2. The first kappa shape index (κ1) is 83.4. The van der Waals surface area contributed by atoms with E-state index < -0.39 is 132 Å². The number of nitrogen functional groups attached to an aromatic ring is 1. The molecule has 2 aliphatic rings. The first-order valence-electron chi connectivity index (χ1n) is 36.4. The van der Waals surface area contributed by atoms with Crippen LogP contribution in [0.15, 0.2) is 146 Å². The summed E-state index contributed by atoms with van der Waals surface area (Å²) in [5.74, 6) is -8.86. The lowest BCUT2D eigenvalue weighted by molar-refractivity contribution is -0.142. The van der Waals surface area contributed by atoms with Gasteiger partial charge in [0, 0.05) is 75.5 Å². The summed E-state index contributed by atoms with van der Waals surface area (Å²) >= 11 is 6.27. The van der Waals surface area contributed by atoms with Gasteiger partial charge in [0.25, 0.3) is 0 Å². The molecule has 2 fully saturated rings. The molecule has 8 rings (SSSR count). The number of rotatable bonds is 38. The van der Waals surface area contributed by atoms with Crippen LogP contribution in [0.2, 0.25) is 5.02 Å². The first-order chi connectivity index (χ1) is 52.2. The number of benzene rings is 6. The lowest BCUT2D eigenvalue weighted by atomic mass is 9.97. The Morgan fingerprint density at radius 2 is 0.982 bits per heavy atom. The molecule has 0 spiro atoms. The maximum Gasteiger partial charge on any atom is 0.312 e. The highest BCUT2D eigenvalue weighted by molar-refractivity contribution is 6.30. The number of aliphatic hydroxyl groups excluding tert-OH is 1. The number of nitrogens with two attached hydrogens (primary N) is 4. The van der Waals surface area contributed by atoms with E-state index in [-0.39, 0.29) is 82.8 Å². The number of likely N-dealkylation sites (tertiary alicyclic amines) is 1.